The molecule has 2 atom stereocenters. The minimum Gasteiger partial charge on any atom is -0.493 e. The Hall–Kier alpha value is -5.38. The molecule has 1 aliphatic carbocycles. The van der Waals surface area contributed by atoms with Crippen molar-refractivity contribution >= 4 is 29.5 Å². The average molecular weight is 705 g/mol. The number of hydrogen-bond acceptors (Lipinski definition) is 8. The number of halogens is 2. The summed E-state index contributed by atoms with van der Waals surface area (Å²) in [6.45, 7) is 2.14. The van der Waals surface area contributed by atoms with Crippen LogP contribution in [0.1, 0.15) is 64.0 Å². The summed E-state index contributed by atoms with van der Waals surface area (Å²) in [5, 5.41) is 28.9. The van der Waals surface area contributed by atoms with Gasteiger partial charge in [-0.1, -0.05) is 71.7 Å². The quantitative estimate of drug-likeness (QED) is 0.128. The van der Waals surface area contributed by atoms with E-state index in [1.54, 1.807) is 19.1 Å². The summed E-state index contributed by atoms with van der Waals surface area (Å²) in [6, 6.07) is 30.0. The van der Waals surface area contributed by atoms with Gasteiger partial charge in [0.15, 0.2) is 6.29 Å². The Kier molecular flexibility index (Phi) is 10.7. The number of carbonyl (C=O) groups excluding carboxylic acids is 1. The number of rotatable bonds is 12. The van der Waals surface area contributed by atoms with E-state index in [-0.39, 0.29) is 35.1 Å². The summed E-state index contributed by atoms with van der Waals surface area (Å²) in [5.41, 5.74) is 7.22. The molecule has 1 aliphatic rings. The third-order valence-corrected chi connectivity index (χ3v) is 9.10. The number of aromatic nitrogens is 1. The fourth-order valence-corrected chi connectivity index (χ4v) is 6.52. The van der Waals surface area contributed by atoms with Crippen LogP contribution in [-0.4, -0.2) is 29.1 Å². The van der Waals surface area contributed by atoms with Gasteiger partial charge in [0.1, 0.15) is 23.5 Å². The molecule has 0 saturated heterocycles. The number of benzene rings is 4. The van der Waals surface area contributed by atoms with Gasteiger partial charge in [-0.25, -0.2) is 0 Å². The molecule has 0 spiro atoms. The number of ether oxygens (including phenoxy) is 3. The second-order valence-corrected chi connectivity index (χ2v) is 12.7. The van der Waals surface area contributed by atoms with Crippen molar-refractivity contribution in [3.63, 3.8) is 0 Å². The second kappa shape index (κ2) is 15.4. The zero-order valence-corrected chi connectivity index (χ0v) is 28.5. The van der Waals surface area contributed by atoms with Crippen molar-refractivity contribution in [1.82, 2.24) is 4.98 Å². The second-order valence-electron chi connectivity index (χ2n) is 11.9. The van der Waals surface area contributed by atoms with Gasteiger partial charge in [-0.05, 0) is 84.0 Å². The van der Waals surface area contributed by atoms with E-state index in [0.717, 1.165) is 45.6 Å². The Labute approximate surface area is 300 Å². The molecule has 0 amide bonds. The van der Waals surface area contributed by atoms with Gasteiger partial charge >= 0.3 is 0 Å². The smallest absolute Gasteiger partial charge is 0.236 e. The first-order chi connectivity index (χ1) is 24.3. The molecule has 0 saturated carbocycles. The van der Waals surface area contributed by atoms with Gasteiger partial charge in [-0.3, -0.25) is 4.79 Å². The van der Waals surface area contributed by atoms with Gasteiger partial charge in [0, 0.05) is 17.5 Å². The van der Waals surface area contributed by atoms with Crippen LogP contribution in [0, 0.1) is 22.7 Å². The largest absolute Gasteiger partial charge is 0.493 e. The molecule has 1 N–H and O–H groups in total. The van der Waals surface area contributed by atoms with Crippen LogP contribution in [0.15, 0.2) is 84.9 Å². The van der Waals surface area contributed by atoms with Crippen molar-refractivity contribution in [2.24, 2.45) is 0 Å². The highest BCUT2D eigenvalue weighted by Gasteiger charge is 2.29. The SMILES string of the molecule is C[C@H](O)CCOc1ccc(-c2cccc(-c3cccc4c3CC[C@@H]4Oc3nc(OCc4cc(C#N)cc(C#N)c4)c(C=O)cc3Cl)c2Cl)cc1. The Balaban J connectivity index is 1.23. The molecule has 0 bridgehead atoms. The van der Waals surface area contributed by atoms with Crippen LogP contribution in [0.3, 0.4) is 0 Å². The van der Waals surface area contributed by atoms with Gasteiger partial charge in [0.25, 0.3) is 0 Å². The lowest BCUT2D eigenvalue weighted by Gasteiger charge is -2.18. The number of fused-ring (bicyclic) bond motifs is 1. The van der Waals surface area contributed by atoms with Gasteiger partial charge < -0.3 is 19.3 Å². The molecular weight excluding hydrogens is 673 g/mol. The minimum absolute atomic E-state index is 0.0233. The molecule has 8 nitrogen and oxygen atoms in total. The van der Waals surface area contributed by atoms with Crippen molar-refractivity contribution in [2.45, 2.75) is 45.0 Å². The van der Waals surface area contributed by atoms with E-state index in [2.05, 4.69) is 11.1 Å². The van der Waals surface area contributed by atoms with E-state index in [1.807, 2.05) is 66.7 Å². The molecule has 1 heterocycles. The molecule has 0 unspecified atom stereocenters. The number of aliphatic hydroxyl groups is 1. The Morgan fingerprint density at radius 1 is 0.920 bits per heavy atom. The van der Waals surface area contributed by atoms with Crippen molar-refractivity contribution in [3.05, 3.63) is 128 Å². The zero-order chi connectivity index (χ0) is 35.2. The maximum absolute atomic E-state index is 11.9. The van der Waals surface area contributed by atoms with Crippen LogP contribution in [0.4, 0.5) is 0 Å². The number of nitrogens with zero attached hydrogens (tertiary/aromatic N) is 3. The first kappa shape index (κ1) is 34.5. The molecule has 5 aromatic rings. The predicted octanol–water partition coefficient (Wildman–Crippen LogP) is 9.07. The highest BCUT2D eigenvalue weighted by atomic mass is 35.5. The van der Waals surface area contributed by atoms with Crippen LogP contribution in [0.25, 0.3) is 22.3 Å². The topological polar surface area (TPSA) is 125 Å². The Morgan fingerprint density at radius 3 is 2.32 bits per heavy atom. The van der Waals surface area contributed by atoms with Crippen LogP contribution in [-0.2, 0) is 13.0 Å². The number of carbonyl (C=O) groups is 1. The highest BCUT2D eigenvalue weighted by Crippen LogP contribution is 2.44. The Bertz CT molecular complexity index is 2110. The van der Waals surface area contributed by atoms with E-state index in [1.165, 1.54) is 12.1 Å². The number of pyridine rings is 1. The summed E-state index contributed by atoms with van der Waals surface area (Å²) in [5.74, 6) is 0.870. The lowest BCUT2D eigenvalue weighted by Crippen LogP contribution is -2.08. The van der Waals surface area contributed by atoms with E-state index >= 15 is 0 Å². The first-order valence-electron chi connectivity index (χ1n) is 16.0. The molecule has 250 valence electrons. The van der Waals surface area contributed by atoms with Crippen LogP contribution in [0.2, 0.25) is 10.0 Å². The monoisotopic (exact) mass is 703 g/mol. The summed E-state index contributed by atoms with van der Waals surface area (Å²) in [6.07, 6.45) is 1.78. The third-order valence-electron chi connectivity index (χ3n) is 8.42. The van der Waals surface area contributed by atoms with Crippen LogP contribution < -0.4 is 14.2 Å². The molecule has 1 aromatic heterocycles. The molecule has 6 rings (SSSR count). The molecule has 0 aliphatic heterocycles. The number of aldehydes is 1. The Morgan fingerprint density at radius 2 is 1.62 bits per heavy atom. The van der Waals surface area contributed by atoms with Crippen molar-refractivity contribution in [3.8, 4) is 51.9 Å². The fraction of sp³-hybridized carbons (Fsp3) is 0.200. The van der Waals surface area contributed by atoms with E-state index in [4.69, 9.17) is 37.4 Å². The highest BCUT2D eigenvalue weighted by molar-refractivity contribution is 6.36. The number of hydrogen-bond donors (Lipinski definition) is 1. The van der Waals surface area contributed by atoms with Crippen molar-refractivity contribution in [2.75, 3.05) is 6.61 Å². The molecule has 50 heavy (non-hydrogen) atoms. The van der Waals surface area contributed by atoms with Crippen molar-refractivity contribution in [1.29, 1.82) is 10.5 Å². The molecule has 10 heteroatoms. The number of nitriles is 2. The summed E-state index contributed by atoms with van der Waals surface area (Å²) in [7, 11) is 0. The predicted molar refractivity (Wildman–Crippen MR) is 191 cm³/mol. The lowest BCUT2D eigenvalue weighted by atomic mass is 9.94. The van der Waals surface area contributed by atoms with Gasteiger partial charge in [-0.15, -0.1) is 0 Å². The maximum Gasteiger partial charge on any atom is 0.236 e. The molecule has 0 fully saturated rings. The maximum atomic E-state index is 11.9. The molecule has 4 aromatic carbocycles. The van der Waals surface area contributed by atoms with Crippen LogP contribution in [0.5, 0.6) is 17.5 Å². The van der Waals surface area contributed by atoms with E-state index in [9.17, 15) is 20.4 Å². The summed E-state index contributed by atoms with van der Waals surface area (Å²) < 4.78 is 18.0. The summed E-state index contributed by atoms with van der Waals surface area (Å²) in [4.78, 5) is 16.3. The molecule has 0 radical (unpaired) electrons. The van der Waals surface area contributed by atoms with Gasteiger partial charge in [0.2, 0.25) is 11.8 Å². The third kappa shape index (κ3) is 7.59. The zero-order valence-electron chi connectivity index (χ0n) is 27.0. The molecular formula is C40H31Cl2N3O5. The normalized spacial score (nSPS) is 13.8. The van der Waals surface area contributed by atoms with E-state index < -0.39 is 6.10 Å². The number of aliphatic hydroxyl groups excluding tert-OH is 1. The first-order valence-corrected chi connectivity index (χ1v) is 16.7. The minimum atomic E-state index is -0.415. The van der Waals surface area contributed by atoms with E-state index in [0.29, 0.717) is 47.4 Å². The van der Waals surface area contributed by atoms with Crippen LogP contribution >= 0.6 is 23.2 Å². The average Bonchev–Trinajstić information content (AvgIpc) is 3.54. The fourth-order valence-electron chi connectivity index (χ4n) is 5.98. The summed E-state index contributed by atoms with van der Waals surface area (Å²) >= 11 is 13.6. The lowest BCUT2D eigenvalue weighted by molar-refractivity contribution is 0.111. The van der Waals surface area contributed by atoms with Gasteiger partial charge in [0.05, 0.1) is 46.6 Å². The van der Waals surface area contributed by atoms with Gasteiger partial charge in [-0.2, -0.15) is 15.5 Å². The standard InChI is InChI=1S/C40H31Cl2N3O5/c1-24(47)14-15-48-30-10-8-28(9-11-30)31-4-2-7-35(38(31)42)32-5-3-6-34-33(32)12-13-37(34)50-40-36(41)19-29(22-46)39(45-40)49-23-27-17-25(20-43)16-26(18-27)21-44/h2-11,16-19,22,24,37,47H,12-15,23H2,1H3/t24-,37-/m0/s1. The van der Waals surface area contributed by atoms with Crippen molar-refractivity contribution < 1.29 is 24.1 Å².